The van der Waals surface area contributed by atoms with E-state index < -0.39 is 0 Å². The van der Waals surface area contributed by atoms with Crippen LogP contribution in [0.5, 0.6) is 5.75 Å². The summed E-state index contributed by atoms with van der Waals surface area (Å²) in [5, 5.41) is 4.34. The Bertz CT molecular complexity index is 561. The molecule has 0 unspecified atom stereocenters. The summed E-state index contributed by atoms with van der Waals surface area (Å²) < 4.78 is 11.4. The summed E-state index contributed by atoms with van der Waals surface area (Å²) in [5.41, 5.74) is 1.02. The summed E-state index contributed by atoms with van der Waals surface area (Å²) in [4.78, 5) is 0. The van der Waals surface area contributed by atoms with Crippen molar-refractivity contribution in [3.8, 4) is 5.75 Å². The molecule has 0 saturated carbocycles. The molecule has 0 aliphatic rings. The first-order valence-corrected chi connectivity index (χ1v) is 7.22. The number of halogens is 2. The van der Waals surface area contributed by atoms with Crippen LogP contribution in [0.3, 0.4) is 0 Å². The number of rotatable bonds is 6. The molecule has 0 atom stereocenters. The number of hydrogen-bond donors (Lipinski definition) is 1. The molecule has 3 nitrogen and oxygen atoms in total. The quantitative estimate of drug-likeness (QED) is 0.847. The fraction of sp³-hybridized carbons (Fsp3) is 0.333. The van der Waals surface area contributed by atoms with Crippen LogP contribution in [0.2, 0.25) is 10.0 Å². The van der Waals surface area contributed by atoms with E-state index in [1.165, 1.54) is 0 Å². The van der Waals surface area contributed by atoms with Gasteiger partial charge in [-0.25, -0.2) is 0 Å². The van der Waals surface area contributed by atoms with Crippen molar-refractivity contribution in [2.24, 2.45) is 0 Å². The molecule has 5 heteroatoms. The zero-order chi connectivity index (χ0) is 14.5. The zero-order valence-electron chi connectivity index (χ0n) is 11.5. The van der Waals surface area contributed by atoms with E-state index in [0.29, 0.717) is 22.4 Å². The van der Waals surface area contributed by atoms with E-state index in [1.807, 2.05) is 13.0 Å². The van der Waals surface area contributed by atoms with Crippen LogP contribution in [0.4, 0.5) is 0 Å². The van der Waals surface area contributed by atoms with Crippen LogP contribution >= 0.6 is 23.2 Å². The van der Waals surface area contributed by atoms with E-state index >= 15 is 0 Å². The highest BCUT2D eigenvalue weighted by molar-refractivity contribution is 6.34. The van der Waals surface area contributed by atoms with E-state index in [9.17, 15) is 0 Å². The minimum Gasteiger partial charge on any atom is -0.489 e. The van der Waals surface area contributed by atoms with Gasteiger partial charge in [-0.2, -0.15) is 0 Å². The van der Waals surface area contributed by atoms with Crippen molar-refractivity contribution in [2.45, 2.75) is 27.0 Å². The summed E-state index contributed by atoms with van der Waals surface area (Å²) >= 11 is 11.9. The molecule has 1 aromatic heterocycles. The van der Waals surface area contributed by atoms with Crippen molar-refractivity contribution in [1.29, 1.82) is 0 Å². The smallest absolute Gasteiger partial charge is 0.122 e. The van der Waals surface area contributed by atoms with Gasteiger partial charge in [0.25, 0.3) is 0 Å². The van der Waals surface area contributed by atoms with Crippen LogP contribution in [-0.2, 0) is 13.2 Å². The number of ether oxygens (including phenoxy) is 1. The Hall–Kier alpha value is -1.16. The number of benzene rings is 1. The average Bonchev–Trinajstić information content (AvgIpc) is 2.73. The van der Waals surface area contributed by atoms with Gasteiger partial charge in [0.2, 0.25) is 0 Å². The van der Waals surface area contributed by atoms with Gasteiger partial charge < -0.3 is 14.5 Å². The molecule has 0 fully saturated rings. The van der Waals surface area contributed by atoms with Gasteiger partial charge in [-0.3, -0.25) is 0 Å². The molecule has 0 bridgehead atoms. The Kier molecular flexibility index (Phi) is 5.35. The largest absolute Gasteiger partial charge is 0.489 e. The maximum Gasteiger partial charge on any atom is 0.122 e. The number of nitrogens with one attached hydrogen (secondary N) is 1. The van der Waals surface area contributed by atoms with Gasteiger partial charge in [-0.15, -0.1) is 0 Å². The highest BCUT2D eigenvalue weighted by Crippen LogP contribution is 2.25. The predicted octanol–water partition coefficient (Wildman–Crippen LogP) is 4.58. The number of hydrogen-bond acceptors (Lipinski definition) is 3. The van der Waals surface area contributed by atoms with Gasteiger partial charge >= 0.3 is 0 Å². The molecule has 0 spiro atoms. The molecule has 2 rings (SSSR count). The van der Waals surface area contributed by atoms with E-state index in [1.54, 1.807) is 18.2 Å². The van der Waals surface area contributed by atoms with E-state index in [2.05, 4.69) is 12.2 Å². The lowest BCUT2D eigenvalue weighted by atomic mass is 10.2. The molecule has 108 valence electrons. The first-order valence-electron chi connectivity index (χ1n) is 6.46. The summed E-state index contributed by atoms with van der Waals surface area (Å²) in [6, 6.07) is 7.16. The molecular weight excluding hydrogens is 297 g/mol. The number of aryl methyl sites for hydroxylation is 1. The second kappa shape index (κ2) is 7.02. The third kappa shape index (κ3) is 4.17. The SMILES string of the molecule is CCNCc1cc(COc2cc(Cl)cc(Cl)c2)c(C)o1. The third-order valence-corrected chi connectivity index (χ3v) is 3.29. The van der Waals surface area contributed by atoms with Gasteiger partial charge in [-0.05, 0) is 37.7 Å². The highest BCUT2D eigenvalue weighted by atomic mass is 35.5. The van der Waals surface area contributed by atoms with Crippen LogP contribution in [0, 0.1) is 6.92 Å². The average molecular weight is 314 g/mol. The Balaban J connectivity index is 2.01. The van der Waals surface area contributed by atoms with Gasteiger partial charge in [-0.1, -0.05) is 30.1 Å². The van der Waals surface area contributed by atoms with Crippen LogP contribution in [0.1, 0.15) is 24.0 Å². The van der Waals surface area contributed by atoms with Gasteiger partial charge in [0.05, 0.1) is 6.54 Å². The van der Waals surface area contributed by atoms with Crippen molar-refractivity contribution in [3.05, 3.63) is 51.4 Å². The minimum absolute atomic E-state index is 0.429. The van der Waals surface area contributed by atoms with Gasteiger partial charge in [0, 0.05) is 15.6 Å². The Labute approximate surface area is 128 Å². The maximum atomic E-state index is 5.93. The lowest BCUT2D eigenvalue weighted by molar-refractivity contribution is 0.303. The minimum atomic E-state index is 0.429. The van der Waals surface area contributed by atoms with E-state index in [-0.39, 0.29) is 0 Å². The Morgan fingerprint density at radius 1 is 1.15 bits per heavy atom. The van der Waals surface area contributed by atoms with Crippen molar-refractivity contribution >= 4 is 23.2 Å². The molecule has 0 amide bonds. The van der Waals surface area contributed by atoms with Gasteiger partial charge in [0.15, 0.2) is 0 Å². The molecular formula is C15H17Cl2NO2. The molecule has 0 saturated heterocycles. The fourth-order valence-electron chi connectivity index (χ4n) is 1.84. The summed E-state index contributed by atoms with van der Waals surface area (Å²) in [7, 11) is 0. The first-order chi connectivity index (χ1) is 9.58. The Morgan fingerprint density at radius 3 is 2.50 bits per heavy atom. The molecule has 20 heavy (non-hydrogen) atoms. The van der Waals surface area contributed by atoms with Crippen LogP contribution in [0.25, 0.3) is 0 Å². The lowest BCUT2D eigenvalue weighted by Crippen LogP contribution is -2.10. The van der Waals surface area contributed by atoms with Crippen molar-refractivity contribution < 1.29 is 9.15 Å². The zero-order valence-corrected chi connectivity index (χ0v) is 13.0. The van der Waals surface area contributed by atoms with Crippen molar-refractivity contribution in [2.75, 3.05) is 6.54 Å². The Morgan fingerprint density at radius 2 is 1.85 bits per heavy atom. The lowest BCUT2D eigenvalue weighted by Gasteiger charge is -2.06. The molecule has 1 N–H and O–H groups in total. The third-order valence-electron chi connectivity index (χ3n) is 2.85. The summed E-state index contributed by atoms with van der Waals surface area (Å²) in [6.45, 7) is 6.05. The predicted molar refractivity (Wildman–Crippen MR) is 81.6 cm³/mol. The molecule has 2 aromatic rings. The molecule has 0 aliphatic carbocycles. The van der Waals surface area contributed by atoms with Gasteiger partial charge in [0.1, 0.15) is 23.9 Å². The topological polar surface area (TPSA) is 34.4 Å². The van der Waals surface area contributed by atoms with E-state index in [4.69, 9.17) is 32.4 Å². The molecule has 0 radical (unpaired) electrons. The van der Waals surface area contributed by atoms with E-state index in [0.717, 1.165) is 30.2 Å². The highest BCUT2D eigenvalue weighted by Gasteiger charge is 2.08. The van der Waals surface area contributed by atoms with Crippen molar-refractivity contribution in [1.82, 2.24) is 5.32 Å². The summed E-state index contributed by atoms with van der Waals surface area (Å²) in [6.07, 6.45) is 0. The molecule has 1 aromatic carbocycles. The van der Waals surface area contributed by atoms with Crippen LogP contribution in [-0.4, -0.2) is 6.54 Å². The molecule has 1 heterocycles. The second-order valence-corrected chi connectivity index (χ2v) is 5.34. The number of furan rings is 1. The normalized spacial score (nSPS) is 10.8. The van der Waals surface area contributed by atoms with Crippen LogP contribution < -0.4 is 10.1 Å². The monoisotopic (exact) mass is 313 g/mol. The molecule has 0 aliphatic heterocycles. The van der Waals surface area contributed by atoms with Crippen LogP contribution in [0.15, 0.2) is 28.7 Å². The maximum absolute atomic E-state index is 5.93. The first kappa shape index (κ1) is 15.2. The standard InChI is InChI=1S/C15H17Cl2NO2/c1-3-18-8-15-4-11(10(2)20-15)9-19-14-6-12(16)5-13(17)7-14/h4-7,18H,3,8-9H2,1-2H3. The fourth-order valence-corrected chi connectivity index (χ4v) is 2.35. The van der Waals surface area contributed by atoms with Crippen molar-refractivity contribution in [3.63, 3.8) is 0 Å². The summed E-state index contributed by atoms with van der Waals surface area (Å²) in [5.74, 6) is 2.43. The second-order valence-electron chi connectivity index (χ2n) is 4.47.